The molecule has 2 aromatic heterocycles. The number of nitrogens with two attached hydrogens (primary N) is 1. The molecule has 1 fully saturated rings. The number of benzene rings is 1. The molecule has 0 radical (unpaired) electrons. The van der Waals surface area contributed by atoms with Gasteiger partial charge in [-0.2, -0.15) is 5.26 Å². The minimum absolute atomic E-state index is 0.0734. The molecule has 1 saturated heterocycles. The lowest BCUT2D eigenvalue weighted by atomic mass is 10.0. The average molecular weight is 397 g/mol. The standard InChI is InChI=1S/C20H21ClN6O/c1-25-15(10-22)12-27-18(20(25)28)16(9-13-5-2-3-7-17(13)21)19(24-27)26-8-4-6-14(23)11-26/h2-3,5,7,12,14H,4,6,8-9,11,23H2,1H3/t14-/m1/s1. The van der Waals surface area contributed by atoms with Crippen LogP contribution in [0.2, 0.25) is 5.02 Å². The molecular weight excluding hydrogens is 376 g/mol. The predicted molar refractivity (Wildman–Crippen MR) is 109 cm³/mol. The van der Waals surface area contributed by atoms with E-state index in [-0.39, 0.29) is 17.3 Å². The zero-order valence-electron chi connectivity index (χ0n) is 15.6. The van der Waals surface area contributed by atoms with Crippen molar-refractivity contribution in [2.75, 3.05) is 18.0 Å². The van der Waals surface area contributed by atoms with Gasteiger partial charge in [-0.25, -0.2) is 4.52 Å². The summed E-state index contributed by atoms with van der Waals surface area (Å²) in [5.41, 5.74) is 8.39. The second-order valence-corrected chi connectivity index (χ2v) is 7.61. The van der Waals surface area contributed by atoms with E-state index in [0.29, 0.717) is 23.5 Å². The third-order valence-electron chi connectivity index (χ3n) is 5.30. The van der Waals surface area contributed by atoms with Gasteiger partial charge < -0.3 is 10.6 Å². The van der Waals surface area contributed by atoms with E-state index in [1.165, 1.54) is 9.08 Å². The van der Waals surface area contributed by atoms with Crippen LogP contribution in [-0.4, -0.2) is 33.3 Å². The van der Waals surface area contributed by atoms with Crippen LogP contribution in [0.25, 0.3) is 5.52 Å². The molecule has 0 bridgehead atoms. The second-order valence-electron chi connectivity index (χ2n) is 7.20. The molecule has 0 spiro atoms. The Balaban J connectivity index is 1.94. The summed E-state index contributed by atoms with van der Waals surface area (Å²) < 4.78 is 2.89. The maximum atomic E-state index is 13.0. The normalized spacial score (nSPS) is 17.1. The molecule has 0 aliphatic carbocycles. The van der Waals surface area contributed by atoms with Crippen LogP contribution in [0.15, 0.2) is 35.3 Å². The Morgan fingerprint density at radius 2 is 2.18 bits per heavy atom. The van der Waals surface area contributed by atoms with Crippen molar-refractivity contribution >= 4 is 22.9 Å². The Kier molecular flexibility index (Phi) is 4.84. The topological polar surface area (TPSA) is 92.3 Å². The largest absolute Gasteiger partial charge is 0.353 e. The monoisotopic (exact) mass is 396 g/mol. The van der Waals surface area contributed by atoms with Gasteiger partial charge in [0.15, 0.2) is 5.82 Å². The first-order chi connectivity index (χ1) is 13.5. The van der Waals surface area contributed by atoms with Crippen molar-refractivity contribution in [3.63, 3.8) is 0 Å². The molecule has 7 nitrogen and oxygen atoms in total. The van der Waals surface area contributed by atoms with Crippen molar-refractivity contribution in [3.8, 4) is 6.07 Å². The van der Waals surface area contributed by atoms with Crippen LogP contribution in [0.1, 0.15) is 29.7 Å². The molecule has 28 heavy (non-hydrogen) atoms. The van der Waals surface area contributed by atoms with E-state index in [0.717, 1.165) is 36.3 Å². The van der Waals surface area contributed by atoms with E-state index in [9.17, 15) is 10.1 Å². The van der Waals surface area contributed by atoms with Crippen molar-refractivity contribution in [2.45, 2.75) is 25.3 Å². The number of halogens is 1. The molecule has 1 aliphatic rings. The molecule has 1 aliphatic heterocycles. The van der Waals surface area contributed by atoms with Crippen LogP contribution in [0.4, 0.5) is 5.82 Å². The highest BCUT2D eigenvalue weighted by atomic mass is 35.5. The number of anilines is 1. The average Bonchev–Trinajstić information content (AvgIpc) is 3.05. The molecule has 4 rings (SSSR count). The van der Waals surface area contributed by atoms with Crippen LogP contribution in [-0.2, 0) is 13.5 Å². The SMILES string of the molecule is Cn1c(C#N)cn2nc(N3CCC[C@@H](N)C3)c(Cc3ccccc3Cl)c2c1=O. The highest BCUT2D eigenvalue weighted by Gasteiger charge is 2.26. The highest BCUT2D eigenvalue weighted by molar-refractivity contribution is 6.31. The number of hydrogen-bond acceptors (Lipinski definition) is 5. The number of nitriles is 1. The number of rotatable bonds is 3. The van der Waals surface area contributed by atoms with Crippen LogP contribution < -0.4 is 16.2 Å². The third kappa shape index (κ3) is 3.15. The van der Waals surface area contributed by atoms with Gasteiger partial charge in [0.2, 0.25) is 0 Å². The van der Waals surface area contributed by atoms with Crippen molar-refractivity contribution in [3.05, 3.63) is 62.7 Å². The van der Waals surface area contributed by atoms with Crippen molar-refractivity contribution in [2.24, 2.45) is 12.8 Å². The van der Waals surface area contributed by atoms with Gasteiger partial charge in [0.25, 0.3) is 5.56 Å². The highest BCUT2D eigenvalue weighted by Crippen LogP contribution is 2.29. The van der Waals surface area contributed by atoms with Gasteiger partial charge in [-0.3, -0.25) is 9.36 Å². The molecule has 0 saturated carbocycles. The van der Waals surface area contributed by atoms with Gasteiger partial charge in [-0.15, -0.1) is 5.10 Å². The minimum Gasteiger partial charge on any atom is -0.353 e. The lowest BCUT2D eigenvalue weighted by Gasteiger charge is -2.31. The zero-order valence-corrected chi connectivity index (χ0v) is 16.4. The number of fused-ring (bicyclic) bond motifs is 1. The molecule has 8 heteroatoms. The molecule has 3 heterocycles. The smallest absolute Gasteiger partial charge is 0.277 e. The van der Waals surface area contributed by atoms with Gasteiger partial charge in [-0.1, -0.05) is 29.8 Å². The van der Waals surface area contributed by atoms with E-state index in [4.69, 9.17) is 17.3 Å². The molecule has 0 amide bonds. The van der Waals surface area contributed by atoms with Gasteiger partial charge in [0.05, 0.1) is 6.20 Å². The van der Waals surface area contributed by atoms with Crippen LogP contribution in [0.5, 0.6) is 0 Å². The van der Waals surface area contributed by atoms with Crippen LogP contribution in [0, 0.1) is 11.3 Å². The molecule has 2 N–H and O–H groups in total. The molecule has 1 aromatic carbocycles. The summed E-state index contributed by atoms with van der Waals surface area (Å²) in [6.45, 7) is 1.52. The van der Waals surface area contributed by atoms with Gasteiger partial charge in [-0.05, 0) is 24.5 Å². The van der Waals surface area contributed by atoms with Gasteiger partial charge >= 0.3 is 0 Å². The lowest BCUT2D eigenvalue weighted by Crippen LogP contribution is -2.43. The van der Waals surface area contributed by atoms with E-state index < -0.39 is 0 Å². The Labute approximate surface area is 167 Å². The summed E-state index contributed by atoms with van der Waals surface area (Å²) in [5, 5.41) is 14.7. The number of nitrogens with zero attached hydrogens (tertiary/aromatic N) is 5. The van der Waals surface area contributed by atoms with E-state index in [1.807, 2.05) is 30.3 Å². The quantitative estimate of drug-likeness (QED) is 0.731. The first-order valence-corrected chi connectivity index (χ1v) is 9.62. The Morgan fingerprint density at radius 3 is 2.89 bits per heavy atom. The summed E-state index contributed by atoms with van der Waals surface area (Å²) >= 11 is 6.39. The van der Waals surface area contributed by atoms with Gasteiger partial charge in [0.1, 0.15) is 17.3 Å². The number of aromatic nitrogens is 3. The Bertz CT molecular complexity index is 1140. The second kappa shape index (κ2) is 7.30. The Morgan fingerprint density at radius 1 is 1.39 bits per heavy atom. The third-order valence-corrected chi connectivity index (χ3v) is 5.67. The van der Waals surface area contributed by atoms with Crippen LogP contribution >= 0.6 is 11.6 Å². The summed E-state index contributed by atoms with van der Waals surface area (Å²) in [5.74, 6) is 0.738. The van der Waals surface area contributed by atoms with Crippen molar-refractivity contribution in [1.82, 2.24) is 14.2 Å². The summed E-state index contributed by atoms with van der Waals surface area (Å²) in [6, 6.07) is 9.72. The van der Waals surface area contributed by atoms with E-state index >= 15 is 0 Å². The Hall–Kier alpha value is -2.82. The summed E-state index contributed by atoms with van der Waals surface area (Å²) in [4.78, 5) is 15.2. The molecule has 3 aromatic rings. The lowest BCUT2D eigenvalue weighted by molar-refractivity contribution is 0.502. The first-order valence-electron chi connectivity index (χ1n) is 9.25. The number of piperidine rings is 1. The molecule has 0 unspecified atom stereocenters. The first kappa shape index (κ1) is 18.5. The minimum atomic E-state index is -0.249. The summed E-state index contributed by atoms with van der Waals surface area (Å²) in [6.07, 6.45) is 4.03. The predicted octanol–water partition coefficient (Wildman–Crippen LogP) is 2.08. The van der Waals surface area contributed by atoms with Crippen LogP contribution in [0.3, 0.4) is 0 Å². The molecular formula is C20H21ClN6O. The maximum Gasteiger partial charge on any atom is 0.277 e. The van der Waals surface area contributed by atoms with Gasteiger partial charge in [0, 0.05) is 43.2 Å². The summed E-state index contributed by atoms with van der Waals surface area (Å²) in [7, 11) is 1.60. The fourth-order valence-electron chi connectivity index (χ4n) is 3.80. The fraction of sp³-hybridized carbons (Fsp3) is 0.350. The van der Waals surface area contributed by atoms with Crippen molar-refractivity contribution in [1.29, 1.82) is 5.26 Å². The van der Waals surface area contributed by atoms with E-state index in [1.54, 1.807) is 13.2 Å². The zero-order chi connectivity index (χ0) is 19.8. The maximum absolute atomic E-state index is 13.0. The van der Waals surface area contributed by atoms with E-state index in [2.05, 4.69) is 10.00 Å². The number of hydrogen-bond donors (Lipinski definition) is 1. The molecule has 1 atom stereocenters. The molecule has 144 valence electrons. The fourth-order valence-corrected chi connectivity index (χ4v) is 4.01. The van der Waals surface area contributed by atoms with Crippen molar-refractivity contribution < 1.29 is 0 Å².